The normalized spacial score (nSPS) is 28.3. The zero-order chi connectivity index (χ0) is 16.6. The number of carbonyl (C=O) groups is 2. The molecule has 0 aromatic heterocycles. The van der Waals surface area contributed by atoms with Gasteiger partial charge in [0.2, 0.25) is 5.78 Å². The fourth-order valence-corrected chi connectivity index (χ4v) is 5.01. The van der Waals surface area contributed by atoms with Crippen molar-refractivity contribution in [2.24, 2.45) is 5.92 Å². The lowest BCUT2D eigenvalue weighted by Gasteiger charge is -2.32. The Bertz CT molecular complexity index is 777. The van der Waals surface area contributed by atoms with Crippen LogP contribution in [0.15, 0.2) is 33.5 Å². The predicted molar refractivity (Wildman–Crippen MR) is 94.5 cm³/mol. The predicted octanol–water partition coefficient (Wildman–Crippen LogP) is 4.04. The first-order valence-electron chi connectivity index (χ1n) is 7.80. The maximum Gasteiger partial charge on any atom is 0.414 e. The van der Waals surface area contributed by atoms with Crippen molar-refractivity contribution in [2.45, 2.75) is 38.2 Å². The number of carbonyl (C=O) groups excluding carboxylic acids is 2. The van der Waals surface area contributed by atoms with E-state index in [1.54, 1.807) is 4.90 Å². The van der Waals surface area contributed by atoms with Crippen LogP contribution in [0.25, 0.3) is 0 Å². The molecule has 1 aromatic carbocycles. The Balaban J connectivity index is 1.80. The van der Waals surface area contributed by atoms with Gasteiger partial charge in [-0.25, -0.2) is 4.79 Å². The molecule has 2 atom stereocenters. The topological polar surface area (TPSA) is 46.6 Å². The molecule has 23 heavy (non-hydrogen) atoms. The molecule has 5 heteroatoms. The molecule has 1 saturated heterocycles. The summed E-state index contributed by atoms with van der Waals surface area (Å²) in [6.07, 6.45) is 0.665. The number of piperidine rings is 1. The Morgan fingerprint density at radius 1 is 1.35 bits per heavy atom. The maximum atomic E-state index is 12.7. The molecule has 1 amide bonds. The first kappa shape index (κ1) is 15.2. The summed E-state index contributed by atoms with van der Waals surface area (Å²) in [4.78, 5) is 27.0. The van der Waals surface area contributed by atoms with Crippen LogP contribution in [0.3, 0.4) is 0 Å². The van der Waals surface area contributed by atoms with E-state index in [0.29, 0.717) is 16.0 Å². The van der Waals surface area contributed by atoms with Crippen molar-refractivity contribution in [1.29, 1.82) is 0 Å². The molecule has 2 unspecified atom stereocenters. The quantitative estimate of drug-likeness (QED) is 0.592. The summed E-state index contributed by atoms with van der Waals surface area (Å²) >= 11 is 2.10. The summed E-state index contributed by atoms with van der Waals surface area (Å²) in [5.74, 6) is 0.409. The number of ketones is 1. The van der Waals surface area contributed by atoms with Gasteiger partial charge in [0.1, 0.15) is 5.60 Å². The summed E-state index contributed by atoms with van der Waals surface area (Å²) in [7, 11) is 0. The molecular weight excluding hydrogens is 405 g/mol. The molecule has 0 N–H and O–H groups in total. The second kappa shape index (κ2) is 4.59. The van der Waals surface area contributed by atoms with E-state index < -0.39 is 5.60 Å². The third-order valence-electron chi connectivity index (χ3n) is 4.87. The van der Waals surface area contributed by atoms with E-state index >= 15 is 0 Å². The number of benzene rings is 1. The number of rotatable bonds is 0. The lowest BCUT2D eigenvalue weighted by Crippen LogP contribution is -2.38. The van der Waals surface area contributed by atoms with Gasteiger partial charge in [-0.1, -0.05) is 24.3 Å². The molecule has 1 spiro atoms. The van der Waals surface area contributed by atoms with E-state index in [2.05, 4.69) is 22.6 Å². The van der Waals surface area contributed by atoms with E-state index in [4.69, 9.17) is 4.74 Å². The van der Waals surface area contributed by atoms with Crippen molar-refractivity contribution in [2.75, 3.05) is 6.54 Å². The van der Waals surface area contributed by atoms with Crippen LogP contribution in [-0.2, 0) is 10.2 Å². The van der Waals surface area contributed by atoms with Gasteiger partial charge in [-0.2, -0.15) is 0 Å². The van der Waals surface area contributed by atoms with Crippen molar-refractivity contribution < 1.29 is 14.3 Å². The Morgan fingerprint density at radius 3 is 2.74 bits per heavy atom. The number of amides is 1. The van der Waals surface area contributed by atoms with Gasteiger partial charge in [-0.05, 0) is 61.3 Å². The van der Waals surface area contributed by atoms with Gasteiger partial charge in [0.05, 0.1) is 9.28 Å². The van der Waals surface area contributed by atoms with Gasteiger partial charge in [0.15, 0.2) is 0 Å². The van der Waals surface area contributed by atoms with Crippen LogP contribution in [0.1, 0.15) is 43.1 Å². The summed E-state index contributed by atoms with van der Waals surface area (Å²) in [6, 6.07) is 7.81. The number of fused-ring (bicyclic) bond motifs is 1. The first-order chi connectivity index (χ1) is 10.8. The van der Waals surface area contributed by atoms with E-state index in [1.165, 1.54) is 0 Å². The SMILES string of the molecule is CC(C)(C)OC(=O)N1CC2CC23C1=C(I)C(=O)c1ccccc13. The van der Waals surface area contributed by atoms with E-state index in [0.717, 1.165) is 23.2 Å². The van der Waals surface area contributed by atoms with Gasteiger partial charge >= 0.3 is 6.09 Å². The van der Waals surface area contributed by atoms with Crippen LogP contribution < -0.4 is 0 Å². The van der Waals surface area contributed by atoms with Crippen molar-refractivity contribution in [3.05, 3.63) is 44.7 Å². The number of likely N-dealkylation sites (tertiary alicyclic amines) is 1. The second-order valence-corrected chi connectivity index (χ2v) is 8.58. The molecule has 4 nitrogen and oxygen atoms in total. The fourth-order valence-electron chi connectivity index (χ4n) is 3.94. The van der Waals surface area contributed by atoms with Crippen molar-refractivity contribution in [3.8, 4) is 0 Å². The van der Waals surface area contributed by atoms with Gasteiger partial charge in [0, 0.05) is 17.5 Å². The Kier molecular flexibility index (Phi) is 3.03. The second-order valence-electron chi connectivity index (χ2n) is 7.50. The van der Waals surface area contributed by atoms with Gasteiger partial charge < -0.3 is 4.74 Å². The summed E-state index contributed by atoms with van der Waals surface area (Å²) in [5, 5.41) is 0. The first-order valence-corrected chi connectivity index (χ1v) is 8.88. The fraction of sp³-hybridized carbons (Fsp3) is 0.444. The highest BCUT2D eigenvalue weighted by Crippen LogP contribution is 2.68. The maximum absolute atomic E-state index is 12.7. The summed E-state index contributed by atoms with van der Waals surface area (Å²) in [5.41, 5.74) is 2.03. The van der Waals surface area contributed by atoms with Crippen LogP contribution in [0, 0.1) is 5.92 Å². The molecule has 1 aromatic rings. The number of nitrogens with zero attached hydrogens (tertiary/aromatic N) is 1. The van der Waals surface area contributed by atoms with E-state index in [1.807, 2.05) is 45.0 Å². The molecule has 2 fully saturated rings. The molecule has 4 rings (SSSR count). The number of hydrogen-bond acceptors (Lipinski definition) is 3. The monoisotopic (exact) mass is 423 g/mol. The summed E-state index contributed by atoms with van der Waals surface area (Å²) in [6.45, 7) is 6.22. The average molecular weight is 423 g/mol. The number of allylic oxidation sites excluding steroid dienone is 2. The molecule has 1 aliphatic heterocycles. The van der Waals surface area contributed by atoms with E-state index in [9.17, 15) is 9.59 Å². The third-order valence-corrected chi connectivity index (χ3v) is 5.87. The lowest BCUT2D eigenvalue weighted by atomic mass is 9.81. The van der Waals surface area contributed by atoms with Crippen LogP contribution in [0.2, 0.25) is 0 Å². The lowest BCUT2D eigenvalue weighted by molar-refractivity contribution is 0.0322. The van der Waals surface area contributed by atoms with Crippen LogP contribution in [0.4, 0.5) is 4.79 Å². The van der Waals surface area contributed by atoms with Crippen LogP contribution >= 0.6 is 22.6 Å². The van der Waals surface area contributed by atoms with Gasteiger partial charge in [-0.15, -0.1) is 0 Å². The number of halogens is 1. The molecule has 0 bridgehead atoms. The Morgan fingerprint density at radius 2 is 2.04 bits per heavy atom. The minimum absolute atomic E-state index is 0.0166. The summed E-state index contributed by atoms with van der Waals surface area (Å²) < 4.78 is 6.21. The average Bonchev–Trinajstić information content (AvgIpc) is 3.08. The number of ether oxygens (including phenoxy) is 1. The molecule has 120 valence electrons. The number of Topliss-reactive ketones (excluding diaryl/α,β-unsaturated/α-hetero) is 1. The molecule has 3 aliphatic rings. The zero-order valence-corrected chi connectivity index (χ0v) is 15.5. The van der Waals surface area contributed by atoms with Crippen LogP contribution in [0.5, 0.6) is 0 Å². The highest BCUT2D eigenvalue weighted by atomic mass is 127. The highest BCUT2D eigenvalue weighted by molar-refractivity contribution is 14.1. The third kappa shape index (κ3) is 2.01. The van der Waals surface area contributed by atoms with Gasteiger partial charge in [0.25, 0.3) is 0 Å². The standard InChI is InChI=1S/C18H18INO3/c1-17(2,3)23-16(22)20-9-10-8-18(10)12-7-5-4-6-11(12)14(21)13(19)15(18)20/h4-7,10H,8-9H2,1-3H3. The van der Waals surface area contributed by atoms with Crippen LogP contribution in [-0.4, -0.2) is 28.9 Å². The van der Waals surface area contributed by atoms with Gasteiger partial charge in [-0.3, -0.25) is 9.69 Å². The Labute approximate surface area is 149 Å². The molecule has 0 radical (unpaired) electrons. The largest absolute Gasteiger partial charge is 0.443 e. The zero-order valence-electron chi connectivity index (χ0n) is 13.4. The smallest absolute Gasteiger partial charge is 0.414 e. The molecular formula is C18H18INO3. The van der Waals surface area contributed by atoms with Crippen molar-refractivity contribution >= 4 is 34.5 Å². The molecule has 1 heterocycles. The minimum atomic E-state index is -0.542. The van der Waals surface area contributed by atoms with Crippen molar-refractivity contribution in [3.63, 3.8) is 0 Å². The highest BCUT2D eigenvalue weighted by Gasteiger charge is 2.68. The van der Waals surface area contributed by atoms with Crippen molar-refractivity contribution in [1.82, 2.24) is 4.90 Å². The minimum Gasteiger partial charge on any atom is -0.443 e. The molecule has 2 aliphatic carbocycles. The Hall–Kier alpha value is -1.37. The van der Waals surface area contributed by atoms with E-state index in [-0.39, 0.29) is 17.3 Å². The molecule has 1 saturated carbocycles. The number of hydrogen-bond donors (Lipinski definition) is 0.